The molecule has 2 aromatic rings. The quantitative estimate of drug-likeness (QED) is 0.788. The summed E-state index contributed by atoms with van der Waals surface area (Å²) >= 11 is 5.01. The van der Waals surface area contributed by atoms with Crippen LogP contribution in [-0.4, -0.2) is 17.1 Å². The molecule has 1 heterocycles. The summed E-state index contributed by atoms with van der Waals surface area (Å²) in [5, 5.41) is 0. The number of rotatable bonds is 2. The van der Waals surface area contributed by atoms with Crippen molar-refractivity contribution < 1.29 is 4.74 Å². The summed E-state index contributed by atoms with van der Waals surface area (Å²) in [6, 6.07) is 9.58. The number of methoxy groups -OCH3 is 1. The Bertz CT molecular complexity index is 522. The molecule has 4 heteroatoms. The average Bonchev–Trinajstić information content (AvgIpc) is 2.29. The number of hydrogen-bond donors (Lipinski definition) is 1. The zero-order valence-electron chi connectivity index (χ0n) is 8.23. The second kappa shape index (κ2) is 4.23. The number of aromatic nitrogens is 2. The Morgan fingerprint density at radius 3 is 2.87 bits per heavy atom. The van der Waals surface area contributed by atoms with Crippen LogP contribution in [0.15, 0.2) is 36.7 Å². The van der Waals surface area contributed by atoms with E-state index in [2.05, 4.69) is 9.97 Å². The summed E-state index contributed by atoms with van der Waals surface area (Å²) in [5.74, 6) is 0.814. The smallest absolute Gasteiger partial charge is 0.130 e. The molecular formula is C11H10N2OS. The van der Waals surface area contributed by atoms with Crippen molar-refractivity contribution in [2.45, 2.75) is 0 Å². The molecule has 0 fully saturated rings. The van der Waals surface area contributed by atoms with Crippen LogP contribution < -0.4 is 4.74 Å². The first-order valence-electron chi connectivity index (χ1n) is 4.49. The highest BCUT2D eigenvalue weighted by Crippen LogP contribution is 2.27. The van der Waals surface area contributed by atoms with E-state index in [9.17, 15) is 0 Å². The van der Waals surface area contributed by atoms with Crippen LogP contribution in [0.2, 0.25) is 0 Å². The molecule has 0 atom stereocenters. The summed E-state index contributed by atoms with van der Waals surface area (Å²) in [5.41, 5.74) is 1.89. The molecule has 1 N–H and O–H groups in total. The van der Waals surface area contributed by atoms with E-state index in [1.165, 1.54) is 0 Å². The molecule has 0 aliphatic carbocycles. The molecule has 15 heavy (non-hydrogen) atoms. The minimum Gasteiger partial charge on any atom is -0.496 e. The minimum atomic E-state index is 0.564. The van der Waals surface area contributed by atoms with E-state index in [1.807, 2.05) is 30.3 Å². The Balaban J connectivity index is 2.58. The highest BCUT2D eigenvalue weighted by atomic mass is 32.1. The lowest BCUT2D eigenvalue weighted by Crippen LogP contribution is -1.90. The standard InChI is InChI=1S/C11H10N2OS/c1-14-10-5-3-2-4-8(10)9-6-11(15)13-7-12-9/h2-7H,1H3,(H,12,13,15). The second-order valence-electron chi connectivity index (χ2n) is 3.00. The van der Waals surface area contributed by atoms with Crippen LogP contribution in [-0.2, 0) is 0 Å². The predicted octanol–water partition coefficient (Wildman–Crippen LogP) is 2.81. The van der Waals surface area contributed by atoms with E-state index in [0.29, 0.717) is 4.64 Å². The largest absolute Gasteiger partial charge is 0.496 e. The third-order valence-electron chi connectivity index (χ3n) is 2.08. The van der Waals surface area contributed by atoms with Gasteiger partial charge in [-0.15, -0.1) is 0 Å². The third-order valence-corrected chi connectivity index (χ3v) is 2.30. The van der Waals surface area contributed by atoms with E-state index in [0.717, 1.165) is 17.0 Å². The molecule has 0 saturated carbocycles. The highest BCUT2D eigenvalue weighted by Gasteiger charge is 2.04. The van der Waals surface area contributed by atoms with Crippen molar-refractivity contribution >= 4 is 12.2 Å². The summed E-state index contributed by atoms with van der Waals surface area (Å²) in [6.07, 6.45) is 1.59. The maximum absolute atomic E-state index is 5.27. The lowest BCUT2D eigenvalue weighted by Gasteiger charge is -2.07. The zero-order valence-corrected chi connectivity index (χ0v) is 9.04. The number of para-hydroxylation sites is 1. The van der Waals surface area contributed by atoms with Gasteiger partial charge in [-0.25, -0.2) is 4.98 Å². The van der Waals surface area contributed by atoms with Gasteiger partial charge in [-0.3, -0.25) is 0 Å². The van der Waals surface area contributed by atoms with Gasteiger partial charge in [0.05, 0.1) is 19.1 Å². The Hall–Kier alpha value is -1.68. The molecule has 0 aliphatic rings. The number of nitrogens with zero attached hydrogens (tertiary/aromatic N) is 1. The Kier molecular flexibility index (Phi) is 2.78. The van der Waals surface area contributed by atoms with Gasteiger partial charge in [-0.2, -0.15) is 0 Å². The van der Waals surface area contributed by atoms with Crippen molar-refractivity contribution in [3.8, 4) is 17.0 Å². The first-order chi connectivity index (χ1) is 7.31. The van der Waals surface area contributed by atoms with Crippen LogP contribution in [0.25, 0.3) is 11.3 Å². The summed E-state index contributed by atoms with van der Waals surface area (Å²) in [4.78, 5) is 6.98. The molecule has 2 rings (SSSR count). The summed E-state index contributed by atoms with van der Waals surface area (Å²) < 4.78 is 5.83. The molecule has 1 aromatic carbocycles. The van der Waals surface area contributed by atoms with Crippen LogP contribution in [0.1, 0.15) is 0 Å². The van der Waals surface area contributed by atoms with Gasteiger partial charge in [-0.05, 0) is 18.2 Å². The van der Waals surface area contributed by atoms with Gasteiger partial charge >= 0.3 is 0 Å². The third kappa shape index (κ3) is 2.05. The van der Waals surface area contributed by atoms with E-state index in [4.69, 9.17) is 17.0 Å². The highest BCUT2D eigenvalue weighted by molar-refractivity contribution is 7.71. The molecule has 0 aliphatic heterocycles. The molecule has 3 nitrogen and oxygen atoms in total. The molecular weight excluding hydrogens is 208 g/mol. The van der Waals surface area contributed by atoms with Crippen molar-refractivity contribution in [1.29, 1.82) is 0 Å². The second-order valence-corrected chi connectivity index (χ2v) is 3.42. The monoisotopic (exact) mass is 218 g/mol. The van der Waals surface area contributed by atoms with Crippen molar-refractivity contribution in [3.63, 3.8) is 0 Å². The van der Waals surface area contributed by atoms with E-state index >= 15 is 0 Å². The normalized spacial score (nSPS) is 9.93. The van der Waals surface area contributed by atoms with Crippen LogP contribution in [0.3, 0.4) is 0 Å². The van der Waals surface area contributed by atoms with Crippen LogP contribution >= 0.6 is 12.2 Å². The fraction of sp³-hybridized carbons (Fsp3) is 0.0909. The van der Waals surface area contributed by atoms with E-state index < -0.39 is 0 Å². The Labute approximate surface area is 92.8 Å². The number of hydrogen-bond acceptors (Lipinski definition) is 3. The first-order valence-corrected chi connectivity index (χ1v) is 4.90. The van der Waals surface area contributed by atoms with Crippen LogP contribution in [0, 0.1) is 4.64 Å². The first kappa shape index (κ1) is 9.86. The van der Waals surface area contributed by atoms with E-state index in [-0.39, 0.29) is 0 Å². The van der Waals surface area contributed by atoms with Gasteiger partial charge in [0.25, 0.3) is 0 Å². The van der Waals surface area contributed by atoms with Crippen LogP contribution in [0.5, 0.6) is 5.75 Å². The number of ether oxygens (including phenoxy) is 1. The Morgan fingerprint density at radius 2 is 2.13 bits per heavy atom. The topological polar surface area (TPSA) is 37.9 Å². The van der Waals surface area contributed by atoms with Crippen LogP contribution in [0.4, 0.5) is 0 Å². The predicted molar refractivity (Wildman–Crippen MR) is 61.4 cm³/mol. The van der Waals surface area contributed by atoms with Crippen molar-refractivity contribution in [1.82, 2.24) is 9.97 Å². The number of nitrogens with one attached hydrogen (secondary N) is 1. The van der Waals surface area contributed by atoms with Gasteiger partial charge < -0.3 is 9.72 Å². The van der Waals surface area contributed by atoms with Crippen molar-refractivity contribution in [2.75, 3.05) is 7.11 Å². The fourth-order valence-electron chi connectivity index (χ4n) is 1.39. The van der Waals surface area contributed by atoms with Crippen molar-refractivity contribution in [3.05, 3.63) is 41.3 Å². The maximum atomic E-state index is 5.27. The fourth-order valence-corrected chi connectivity index (χ4v) is 1.56. The minimum absolute atomic E-state index is 0.564. The molecule has 76 valence electrons. The van der Waals surface area contributed by atoms with Crippen molar-refractivity contribution in [2.24, 2.45) is 0 Å². The zero-order chi connectivity index (χ0) is 10.7. The van der Waals surface area contributed by atoms with Gasteiger partial charge in [0, 0.05) is 5.56 Å². The molecule has 0 unspecified atom stereocenters. The molecule has 1 aromatic heterocycles. The number of aromatic amines is 1. The van der Waals surface area contributed by atoms with Gasteiger partial charge in [-0.1, -0.05) is 24.4 Å². The lowest BCUT2D eigenvalue weighted by atomic mass is 10.1. The van der Waals surface area contributed by atoms with Gasteiger partial charge in [0.2, 0.25) is 0 Å². The van der Waals surface area contributed by atoms with Gasteiger partial charge in [0.1, 0.15) is 10.4 Å². The molecule has 0 radical (unpaired) electrons. The molecule has 0 spiro atoms. The number of H-pyrrole nitrogens is 1. The summed E-state index contributed by atoms with van der Waals surface area (Å²) in [6.45, 7) is 0. The maximum Gasteiger partial charge on any atom is 0.130 e. The SMILES string of the molecule is COc1ccccc1-c1cc(=S)nc[nH]1. The molecule has 0 saturated heterocycles. The average molecular weight is 218 g/mol. The summed E-state index contributed by atoms with van der Waals surface area (Å²) in [7, 11) is 1.65. The lowest BCUT2D eigenvalue weighted by molar-refractivity contribution is 0.416. The Morgan fingerprint density at radius 1 is 1.33 bits per heavy atom. The van der Waals surface area contributed by atoms with E-state index in [1.54, 1.807) is 13.4 Å². The molecule has 0 bridgehead atoms. The van der Waals surface area contributed by atoms with Gasteiger partial charge in [0.15, 0.2) is 0 Å². The number of benzene rings is 1. The molecule has 0 amide bonds.